The number of thiazole rings is 1. The first-order valence-electron chi connectivity index (χ1n) is 10.9. The Balaban J connectivity index is 1.56. The Morgan fingerprint density at radius 3 is 2.72 bits per heavy atom. The minimum atomic E-state index is 0.0833. The number of carbonyl (C=O) groups is 1. The summed E-state index contributed by atoms with van der Waals surface area (Å²) in [5, 5.41) is 0.780. The van der Waals surface area contributed by atoms with E-state index in [9.17, 15) is 4.79 Å². The van der Waals surface area contributed by atoms with Crippen LogP contribution in [-0.4, -0.2) is 32.7 Å². The zero-order valence-electron chi connectivity index (χ0n) is 18.7. The van der Waals surface area contributed by atoms with E-state index in [0.29, 0.717) is 13.0 Å². The van der Waals surface area contributed by atoms with E-state index in [1.165, 1.54) is 10.5 Å². The predicted octanol–water partition coefficient (Wildman–Crippen LogP) is 5.89. The molecule has 4 aromatic rings. The summed E-state index contributed by atoms with van der Waals surface area (Å²) < 4.78 is 3.17. The first-order valence-corrected chi connectivity index (χ1v) is 12.7. The van der Waals surface area contributed by atoms with Gasteiger partial charge in [-0.15, -0.1) is 11.8 Å². The third-order valence-electron chi connectivity index (χ3n) is 5.30. The van der Waals surface area contributed by atoms with E-state index in [2.05, 4.69) is 62.2 Å². The zero-order valence-corrected chi connectivity index (χ0v) is 20.4. The lowest BCUT2D eigenvalue weighted by atomic mass is 10.1. The molecule has 32 heavy (non-hydrogen) atoms. The molecule has 5 nitrogen and oxygen atoms in total. The fourth-order valence-corrected chi connectivity index (χ4v) is 5.62. The molecular formula is C25H28N4OS2. The molecule has 0 fully saturated rings. The Bertz CT molecular complexity index is 1180. The van der Waals surface area contributed by atoms with E-state index >= 15 is 0 Å². The molecule has 0 spiro atoms. The standard InChI is InChI=1S/C25H28N4OS2/c1-4-31-21-8-6-20(7-9-21)16-23(30)29(12-5-11-28-13-10-26-17-28)25-27-24-19(3)14-18(2)15-22(24)32-25/h6-10,13-15,17H,4-5,11-12,16H2,1-3H3. The van der Waals surface area contributed by atoms with Crippen molar-refractivity contribution >= 4 is 44.4 Å². The summed E-state index contributed by atoms with van der Waals surface area (Å²) in [6.45, 7) is 7.76. The van der Waals surface area contributed by atoms with Gasteiger partial charge >= 0.3 is 0 Å². The number of hydrogen-bond acceptors (Lipinski definition) is 5. The van der Waals surface area contributed by atoms with Gasteiger partial charge in [-0.2, -0.15) is 0 Å². The Hall–Kier alpha value is -2.64. The van der Waals surface area contributed by atoms with Crippen LogP contribution in [0, 0.1) is 13.8 Å². The van der Waals surface area contributed by atoms with Crippen LogP contribution >= 0.6 is 23.1 Å². The van der Waals surface area contributed by atoms with Gasteiger partial charge in [0.05, 0.1) is 23.0 Å². The van der Waals surface area contributed by atoms with Gasteiger partial charge in [0.15, 0.2) is 5.13 Å². The van der Waals surface area contributed by atoms with E-state index in [0.717, 1.165) is 45.2 Å². The van der Waals surface area contributed by atoms with Crippen molar-refractivity contribution in [3.63, 3.8) is 0 Å². The van der Waals surface area contributed by atoms with Crippen LogP contribution < -0.4 is 4.90 Å². The minimum absolute atomic E-state index is 0.0833. The number of rotatable bonds is 9. The molecule has 2 aromatic heterocycles. The molecule has 0 radical (unpaired) electrons. The summed E-state index contributed by atoms with van der Waals surface area (Å²) in [4.78, 5) is 25.5. The van der Waals surface area contributed by atoms with Gasteiger partial charge in [-0.3, -0.25) is 9.69 Å². The highest BCUT2D eigenvalue weighted by Crippen LogP contribution is 2.32. The molecule has 0 saturated carbocycles. The fourth-order valence-electron chi connectivity index (χ4n) is 3.77. The van der Waals surface area contributed by atoms with Gasteiger partial charge in [0.2, 0.25) is 5.91 Å². The molecule has 0 bridgehead atoms. The number of nitrogens with zero attached hydrogens (tertiary/aromatic N) is 4. The van der Waals surface area contributed by atoms with Crippen molar-refractivity contribution in [2.75, 3.05) is 17.2 Å². The van der Waals surface area contributed by atoms with Crippen LogP contribution in [0.15, 0.2) is 60.0 Å². The molecule has 0 aliphatic carbocycles. The summed E-state index contributed by atoms with van der Waals surface area (Å²) in [6.07, 6.45) is 6.75. The first kappa shape index (κ1) is 22.6. The number of imidazole rings is 1. The van der Waals surface area contributed by atoms with Crippen molar-refractivity contribution in [1.82, 2.24) is 14.5 Å². The quantitative estimate of drug-likeness (QED) is 0.290. The molecule has 166 valence electrons. The highest BCUT2D eigenvalue weighted by atomic mass is 32.2. The summed E-state index contributed by atoms with van der Waals surface area (Å²) in [5.41, 5.74) is 4.39. The monoisotopic (exact) mass is 464 g/mol. The van der Waals surface area contributed by atoms with Gasteiger partial charge in [0.25, 0.3) is 0 Å². The SMILES string of the molecule is CCSc1ccc(CC(=O)N(CCCn2ccnc2)c2nc3c(C)cc(C)cc3s2)cc1. The molecule has 0 atom stereocenters. The average molecular weight is 465 g/mol. The van der Waals surface area contributed by atoms with Gasteiger partial charge in [0, 0.05) is 30.4 Å². The van der Waals surface area contributed by atoms with Crippen molar-refractivity contribution in [2.45, 2.75) is 45.1 Å². The maximum absolute atomic E-state index is 13.4. The van der Waals surface area contributed by atoms with E-state index in [1.807, 2.05) is 33.8 Å². The van der Waals surface area contributed by atoms with Gasteiger partial charge in [-0.1, -0.05) is 36.5 Å². The minimum Gasteiger partial charge on any atom is -0.337 e. The van der Waals surface area contributed by atoms with Crippen LogP contribution in [0.25, 0.3) is 10.2 Å². The molecule has 1 amide bonds. The second-order valence-corrected chi connectivity index (χ2v) is 10.2. The number of thioether (sulfide) groups is 1. The van der Waals surface area contributed by atoms with Crippen LogP contribution in [0.5, 0.6) is 0 Å². The van der Waals surface area contributed by atoms with Gasteiger partial charge in [-0.05, 0) is 60.9 Å². The third kappa shape index (κ3) is 5.40. The van der Waals surface area contributed by atoms with Crippen LogP contribution in [0.3, 0.4) is 0 Å². The molecule has 2 heterocycles. The number of aryl methyl sites for hydroxylation is 3. The van der Waals surface area contributed by atoms with E-state index < -0.39 is 0 Å². The number of benzene rings is 2. The average Bonchev–Trinajstić information content (AvgIpc) is 3.42. The van der Waals surface area contributed by atoms with E-state index in [4.69, 9.17) is 4.98 Å². The van der Waals surface area contributed by atoms with Gasteiger partial charge in [-0.25, -0.2) is 9.97 Å². The molecule has 0 N–H and O–H groups in total. The van der Waals surface area contributed by atoms with Crippen molar-refractivity contribution in [2.24, 2.45) is 0 Å². The maximum Gasteiger partial charge on any atom is 0.233 e. The van der Waals surface area contributed by atoms with Crippen LogP contribution in [0.1, 0.15) is 30.0 Å². The Morgan fingerprint density at radius 1 is 1.19 bits per heavy atom. The van der Waals surface area contributed by atoms with Crippen molar-refractivity contribution in [3.05, 3.63) is 71.8 Å². The van der Waals surface area contributed by atoms with Crippen molar-refractivity contribution in [3.8, 4) is 0 Å². The number of aromatic nitrogens is 3. The smallest absolute Gasteiger partial charge is 0.233 e. The van der Waals surface area contributed by atoms with Crippen molar-refractivity contribution < 1.29 is 4.79 Å². The number of fused-ring (bicyclic) bond motifs is 1. The second-order valence-electron chi connectivity index (χ2n) is 7.88. The molecule has 0 aliphatic rings. The number of amides is 1. The molecule has 2 aromatic carbocycles. The predicted molar refractivity (Wildman–Crippen MR) is 135 cm³/mol. The van der Waals surface area contributed by atoms with Gasteiger partial charge < -0.3 is 4.57 Å². The third-order valence-corrected chi connectivity index (χ3v) is 7.22. The Morgan fingerprint density at radius 2 is 2.00 bits per heavy atom. The number of anilines is 1. The number of carbonyl (C=O) groups excluding carboxylic acids is 1. The molecule has 7 heteroatoms. The van der Waals surface area contributed by atoms with Crippen LogP contribution in [-0.2, 0) is 17.8 Å². The molecule has 0 saturated heterocycles. The summed E-state index contributed by atoms with van der Waals surface area (Å²) >= 11 is 3.41. The zero-order chi connectivity index (χ0) is 22.5. The van der Waals surface area contributed by atoms with Crippen molar-refractivity contribution in [1.29, 1.82) is 0 Å². The lowest BCUT2D eigenvalue weighted by Crippen LogP contribution is -2.33. The summed E-state index contributed by atoms with van der Waals surface area (Å²) in [7, 11) is 0. The van der Waals surface area contributed by atoms with Crippen LogP contribution in [0.2, 0.25) is 0 Å². The molecule has 0 unspecified atom stereocenters. The fraction of sp³-hybridized carbons (Fsp3) is 0.320. The Kier molecular flexibility index (Phi) is 7.27. The maximum atomic E-state index is 13.4. The lowest BCUT2D eigenvalue weighted by Gasteiger charge is -2.20. The second kappa shape index (κ2) is 10.3. The highest BCUT2D eigenvalue weighted by molar-refractivity contribution is 7.99. The summed E-state index contributed by atoms with van der Waals surface area (Å²) in [6, 6.07) is 12.6. The number of hydrogen-bond donors (Lipinski definition) is 0. The normalized spacial score (nSPS) is 11.2. The lowest BCUT2D eigenvalue weighted by molar-refractivity contribution is -0.118. The Labute approximate surface area is 197 Å². The van der Waals surface area contributed by atoms with Crippen LogP contribution in [0.4, 0.5) is 5.13 Å². The first-order chi connectivity index (χ1) is 15.5. The molecular weight excluding hydrogens is 436 g/mol. The van der Waals surface area contributed by atoms with Gasteiger partial charge in [0.1, 0.15) is 0 Å². The van der Waals surface area contributed by atoms with E-state index in [1.54, 1.807) is 17.5 Å². The highest BCUT2D eigenvalue weighted by Gasteiger charge is 2.20. The molecule has 4 rings (SSSR count). The van der Waals surface area contributed by atoms with E-state index in [-0.39, 0.29) is 5.91 Å². The molecule has 0 aliphatic heterocycles. The summed E-state index contributed by atoms with van der Waals surface area (Å²) in [5.74, 6) is 1.12. The topological polar surface area (TPSA) is 51.0 Å². The largest absolute Gasteiger partial charge is 0.337 e.